The maximum Gasteiger partial charge on any atom is 0.312 e. The van der Waals surface area contributed by atoms with Gasteiger partial charge in [-0.25, -0.2) is 4.79 Å². The fourth-order valence-corrected chi connectivity index (χ4v) is 4.89. The molecule has 0 saturated heterocycles. The summed E-state index contributed by atoms with van der Waals surface area (Å²) in [4.78, 5) is 51.1. The molecule has 4 aromatic rings. The summed E-state index contributed by atoms with van der Waals surface area (Å²) in [7, 11) is 0. The predicted octanol–water partition coefficient (Wildman–Crippen LogP) is 3.60. The number of hydrogen-bond acceptors (Lipinski definition) is 6. The lowest BCUT2D eigenvalue weighted by molar-refractivity contribution is -0.384. The zero-order chi connectivity index (χ0) is 30.9. The van der Waals surface area contributed by atoms with E-state index in [1.54, 1.807) is 30.3 Å². The van der Waals surface area contributed by atoms with Crippen LogP contribution in [0.2, 0.25) is 0 Å². The number of hydrogen-bond donors (Lipinski definition) is 4. The molecule has 43 heavy (non-hydrogen) atoms. The Morgan fingerprint density at radius 3 is 1.84 bits per heavy atom. The summed E-state index contributed by atoms with van der Waals surface area (Å²) in [5, 5.41) is 14.1. The van der Waals surface area contributed by atoms with Gasteiger partial charge in [0.05, 0.1) is 10.8 Å². The maximum atomic E-state index is 14.6. The lowest BCUT2D eigenvalue weighted by atomic mass is 9.89. The molecule has 0 heterocycles. The van der Waals surface area contributed by atoms with Gasteiger partial charge >= 0.3 is 6.03 Å². The molecule has 4 rings (SSSR count). The van der Waals surface area contributed by atoms with Crippen LogP contribution in [0.3, 0.4) is 0 Å². The van der Waals surface area contributed by atoms with Crippen LogP contribution < -0.4 is 22.5 Å². The van der Waals surface area contributed by atoms with E-state index in [1.807, 2.05) is 60.7 Å². The number of urea groups is 1. The summed E-state index contributed by atoms with van der Waals surface area (Å²) >= 11 is 0. The van der Waals surface area contributed by atoms with Crippen LogP contribution in [0, 0.1) is 10.1 Å². The van der Waals surface area contributed by atoms with E-state index in [0.717, 1.165) is 16.7 Å². The SMILES string of the molecule is NC(=O)NCc1ccc(CN(C(=O)C(c2ccccc2)c2ccccc2)[C@H](Cc2ccc(N)c([N+](=O)[O-])c2)C(N)=O)cc1. The molecule has 0 aliphatic heterocycles. The molecule has 0 aliphatic carbocycles. The molecule has 220 valence electrons. The topological polar surface area (TPSA) is 188 Å². The van der Waals surface area contributed by atoms with Crippen molar-refractivity contribution in [3.63, 3.8) is 0 Å². The minimum absolute atomic E-state index is 0.0171. The summed E-state index contributed by atoms with van der Waals surface area (Å²) in [5.41, 5.74) is 19.9. The Morgan fingerprint density at radius 1 is 0.791 bits per heavy atom. The number of nitrogens with zero attached hydrogens (tertiary/aromatic N) is 2. The van der Waals surface area contributed by atoms with Crippen molar-refractivity contribution in [1.29, 1.82) is 0 Å². The van der Waals surface area contributed by atoms with Gasteiger partial charge in [0.2, 0.25) is 11.8 Å². The van der Waals surface area contributed by atoms with E-state index < -0.39 is 28.8 Å². The Kier molecular flexibility index (Phi) is 9.69. The molecule has 4 aromatic carbocycles. The quantitative estimate of drug-likeness (QED) is 0.112. The van der Waals surface area contributed by atoms with Crippen LogP contribution in [0.25, 0.3) is 0 Å². The number of primary amides is 2. The van der Waals surface area contributed by atoms with Crippen molar-refractivity contribution in [2.75, 3.05) is 5.73 Å². The molecular weight excluding hydrogens is 548 g/mol. The molecule has 0 saturated carbocycles. The third kappa shape index (κ3) is 7.73. The Balaban J connectivity index is 1.77. The molecule has 11 heteroatoms. The van der Waals surface area contributed by atoms with Gasteiger partial charge in [-0.15, -0.1) is 0 Å². The van der Waals surface area contributed by atoms with E-state index in [9.17, 15) is 24.5 Å². The van der Waals surface area contributed by atoms with Gasteiger partial charge in [0.25, 0.3) is 5.69 Å². The highest BCUT2D eigenvalue weighted by molar-refractivity contribution is 5.92. The first-order valence-electron chi connectivity index (χ1n) is 13.5. The van der Waals surface area contributed by atoms with E-state index in [4.69, 9.17) is 17.2 Å². The molecule has 0 unspecified atom stereocenters. The van der Waals surface area contributed by atoms with E-state index in [2.05, 4.69) is 5.32 Å². The van der Waals surface area contributed by atoms with Crippen molar-refractivity contribution < 1.29 is 19.3 Å². The summed E-state index contributed by atoms with van der Waals surface area (Å²) in [5.74, 6) is -1.90. The number of nitrogens with one attached hydrogen (secondary N) is 1. The van der Waals surface area contributed by atoms with Crippen molar-refractivity contribution in [2.45, 2.75) is 31.5 Å². The number of rotatable bonds is 12. The van der Waals surface area contributed by atoms with Crippen LogP contribution in [-0.4, -0.2) is 33.7 Å². The molecule has 0 spiro atoms. The van der Waals surface area contributed by atoms with E-state index >= 15 is 0 Å². The Hall–Kier alpha value is -5.71. The molecule has 4 amide bonds. The average molecular weight is 581 g/mol. The minimum Gasteiger partial charge on any atom is -0.393 e. The number of carbonyl (C=O) groups excluding carboxylic acids is 3. The summed E-state index contributed by atoms with van der Waals surface area (Å²) < 4.78 is 0. The number of nitrogens with two attached hydrogens (primary N) is 3. The van der Waals surface area contributed by atoms with Gasteiger partial charge in [-0.2, -0.15) is 0 Å². The fourth-order valence-electron chi connectivity index (χ4n) is 4.89. The molecule has 0 aromatic heterocycles. The Morgan fingerprint density at radius 2 is 1.33 bits per heavy atom. The first-order valence-corrected chi connectivity index (χ1v) is 13.5. The lowest BCUT2D eigenvalue weighted by Crippen LogP contribution is -2.50. The molecule has 0 bridgehead atoms. The molecule has 11 nitrogen and oxygen atoms in total. The minimum atomic E-state index is -1.15. The number of nitrogen functional groups attached to an aromatic ring is 1. The van der Waals surface area contributed by atoms with Crippen LogP contribution in [-0.2, 0) is 29.1 Å². The van der Waals surface area contributed by atoms with Gasteiger partial charge in [-0.1, -0.05) is 91.0 Å². The van der Waals surface area contributed by atoms with E-state index in [0.29, 0.717) is 11.1 Å². The highest BCUT2D eigenvalue weighted by Gasteiger charge is 2.35. The second-order valence-corrected chi connectivity index (χ2v) is 10.0. The van der Waals surface area contributed by atoms with Gasteiger partial charge in [-0.3, -0.25) is 19.7 Å². The van der Waals surface area contributed by atoms with E-state index in [-0.39, 0.29) is 36.8 Å². The largest absolute Gasteiger partial charge is 0.393 e. The first-order chi connectivity index (χ1) is 20.6. The molecule has 0 radical (unpaired) electrons. The molecular formula is C32H32N6O5. The van der Waals surface area contributed by atoms with Crippen molar-refractivity contribution in [3.8, 4) is 0 Å². The van der Waals surface area contributed by atoms with Gasteiger partial charge in [0.1, 0.15) is 11.7 Å². The Labute approximate surface area is 248 Å². The third-order valence-electron chi connectivity index (χ3n) is 7.06. The van der Waals surface area contributed by atoms with Crippen LogP contribution in [0.4, 0.5) is 16.2 Å². The summed E-state index contributed by atoms with van der Waals surface area (Å²) in [6.45, 7) is 0.241. The van der Waals surface area contributed by atoms with Crippen molar-refractivity contribution >= 4 is 29.2 Å². The van der Waals surface area contributed by atoms with Crippen LogP contribution >= 0.6 is 0 Å². The third-order valence-corrected chi connectivity index (χ3v) is 7.06. The highest BCUT2D eigenvalue weighted by Crippen LogP contribution is 2.30. The average Bonchev–Trinajstić information content (AvgIpc) is 3.00. The number of anilines is 1. The second kappa shape index (κ2) is 13.8. The normalized spacial score (nSPS) is 11.5. The first kappa shape index (κ1) is 30.3. The van der Waals surface area contributed by atoms with Gasteiger partial charge < -0.3 is 27.4 Å². The molecule has 1 atom stereocenters. The maximum absolute atomic E-state index is 14.6. The zero-order valence-corrected chi connectivity index (χ0v) is 23.3. The van der Waals surface area contributed by atoms with Crippen LogP contribution in [0.5, 0.6) is 0 Å². The summed E-state index contributed by atoms with van der Waals surface area (Å²) in [6.07, 6.45) is -0.0703. The van der Waals surface area contributed by atoms with Gasteiger partial charge in [-0.05, 0) is 33.9 Å². The monoisotopic (exact) mass is 580 g/mol. The number of nitro benzene ring substituents is 1. The smallest absolute Gasteiger partial charge is 0.312 e. The second-order valence-electron chi connectivity index (χ2n) is 10.0. The summed E-state index contributed by atoms with van der Waals surface area (Å²) in [6, 6.07) is 28.0. The number of carbonyl (C=O) groups is 3. The fraction of sp³-hybridized carbons (Fsp3) is 0.156. The van der Waals surface area contributed by atoms with Crippen molar-refractivity contribution in [3.05, 3.63) is 141 Å². The molecule has 0 aliphatic rings. The Bertz CT molecular complexity index is 1560. The number of amides is 4. The molecule has 7 N–H and O–H groups in total. The van der Waals surface area contributed by atoms with Gasteiger partial charge in [0.15, 0.2) is 0 Å². The van der Waals surface area contributed by atoms with Crippen molar-refractivity contribution in [2.24, 2.45) is 11.5 Å². The van der Waals surface area contributed by atoms with Crippen LogP contribution in [0.1, 0.15) is 33.7 Å². The molecule has 0 fully saturated rings. The number of nitro groups is 1. The standard InChI is InChI=1S/C32H32N6O5/c33-26-16-15-23(17-27(26)38(42)43)18-28(30(34)39)37(20-22-13-11-21(12-14-22)19-36-32(35)41)31(40)29(24-7-3-1-4-8-24)25-9-5-2-6-10-25/h1-17,28-29H,18-20,33H2,(H2,34,39)(H3,35,36,41)/t28-/m1/s1. The highest BCUT2D eigenvalue weighted by atomic mass is 16.6. The van der Waals surface area contributed by atoms with Crippen molar-refractivity contribution in [1.82, 2.24) is 10.2 Å². The zero-order valence-electron chi connectivity index (χ0n) is 23.3. The van der Waals surface area contributed by atoms with Gasteiger partial charge in [0, 0.05) is 25.6 Å². The lowest BCUT2D eigenvalue weighted by Gasteiger charge is -2.33. The predicted molar refractivity (Wildman–Crippen MR) is 162 cm³/mol. The van der Waals surface area contributed by atoms with Crippen LogP contribution in [0.15, 0.2) is 103 Å². The van der Waals surface area contributed by atoms with E-state index in [1.165, 1.54) is 17.0 Å². The number of benzene rings is 4.